The van der Waals surface area contributed by atoms with Crippen LogP contribution in [0.4, 0.5) is 5.69 Å². The SMILES string of the molecule is CCOc1ccc(N2C(=O)C[C@H](NC3CCN(S(=O)(=O)c4ccc(Cl)cc4)CC3)C2=O)cc1. The molecule has 4 rings (SSSR count). The lowest BCUT2D eigenvalue weighted by Gasteiger charge is -2.32. The first kappa shape index (κ1) is 23.7. The molecular formula is C23H26ClN3O5S. The van der Waals surface area contributed by atoms with Crippen LogP contribution in [0.5, 0.6) is 5.75 Å². The van der Waals surface area contributed by atoms with Gasteiger partial charge in [0, 0.05) is 24.2 Å². The molecule has 176 valence electrons. The average molecular weight is 492 g/mol. The van der Waals surface area contributed by atoms with Gasteiger partial charge in [0.15, 0.2) is 0 Å². The number of hydrogen-bond acceptors (Lipinski definition) is 6. The quantitative estimate of drug-likeness (QED) is 0.598. The number of ether oxygens (including phenoxy) is 1. The zero-order valence-electron chi connectivity index (χ0n) is 18.2. The Kier molecular flexibility index (Phi) is 7.04. The number of piperidine rings is 1. The number of sulfonamides is 1. The van der Waals surface area contributed by atoms with Crippen LogP contribution in [-0.2, 0) is 19.6 Å². The number of carbonyl (C=O) groups excluding carboxylic acids is 2. The standard InChI is InChI=1S/C23H26ClN3O5S/c1-2-32-19-7-5-18(6-8-19)27-22(28)15-21(23(27)29)25-17-11-13-26(14-12-17)33(30,31)20-9-3-16(24)4-10-20/h3-10,17,21,25H,2,11-15H2,1H3/t21-/m0/s1. The normalized spacial score (nSPS) is 20.4. The van der Waals surface area contributed by atoms with Crippen molar-refractivity contribution < 1.29 is 22.7 Å². The van der Waals surface area contributed by atoms with Crippen LogP contribution in [-0.4, -0.2) is 56.3 Å². The van der Waals surface area contributed by atoms with E-state index >= 15 is 0 Å². The monoisotopic (exact) mass is 491 g/mol. The first-order valence-electron chi connectivity index (χ1n) is 10.9. The first-order valence-corrected chi connectivity index (χ1v) is 12.7. The van der Waals surface area contributed by atoms with Gasteiger partial charge < -0.3 is 10.1 Å². The Hall–Kier alpha value is -2.46. The first-order chi connectivity index (χ1) is 15.8. The van der Waals surface area contributed by atoms with E-state index in [4.69, 9.17) is 16.3 Å². The van der Waals surface area contributed by atoms with Crippen LogP contribution in [0.3, 0.4) is 0 Å². The highest BCUT2D eigenvalue weighted by atomic mass is 35.5. The van der Waals surface area contributed by atoms with E-state index in [9.17, 15) is 18.0 Å². The molecular weight excluding hydrogens is 466 g/mol. The molecule has 10 heteroatoms. The number of halogens is 1. The Morgan fingerprint density at radius 2 is 1.67 bits per heavy atom. The maximum Gasteiger partial charge on any atom is 0.251 e. The molecule has 1 N–H and O–H groups in total. The van der Waals surface area contributed by atoms with Gasteiger partial charge in [0.25, 0.3) is 5.91 Å². The molecule has 2 aromatic rings. The Morgan fingerprint density at radius 3 is 2.27 bits per heavy atom. The van der Waals surface area contributed by atoms with E-state index in [1.54, 1.807) is 36.4 Å². The largest absolute Gasteiger partial charge is 0.494 e. The molecule has 0 aliphatic carbocycles. The van der Waals surface area contributed by atoms with Crippen molar-refractivity contribution in [2.24, 2.45) is 0 Å². The number of benzene rings is 2. The summed E-state index contributed by atoms with van der Waals surface area (Å²) in [6.07, 6.45) is 1.18. The molecule has 2 amide bonds. The summed E-state index contributed by atoms with van der Waals surface area (Å²) < 4.78 is 32.6. The third kappa shape index (κ3) is 5.06. The average Bonchev–Trinajstić information content (AvgIpc) is 3.08. The van der Waals surface area contributed by atoms with Crippen LogP contribution in [0.25, 0.3) is 0 Å². The number of imide groups is 1. The van der Waals surface area contributed by atoms with Gasteiger partial charge in [0.2, 0.25) is 15.9 Å². The zero-order valence-corrected chi connectivity index (χ0v) is 19.8. The van der Waals surface area contributed by atoms with Gasteiger partial charge in [-0.3, -0.25) is 9.59 Å². The summed E-state index contributed by atoms with van der Waals surface area (Å²) in [6, 6.07) is 12.3. The molecule has 0 saturated carbocycles. The third-order valence-electron chi connectivity index (χ3n) is 5.89. The lowest BCUT2D eigenvalue weighted by molar-refractivity contribution is -0.121. The Balaban J connectivity index is 1.35. The summed E-state index contributed by atoms with van der Waals surface area (Å²) >= 11 is 5.86. The van der Waals surface area contributed by atoms with Crippen molar-refractivity contribution in [1.29, 1.82) is 0 Å². The summed E-state index contributed by atoms with van der Waals surface area (Å²) in [5.41, 5.74) is 0.515. The van der Waals surface area contributed by atoms with E-state index in [0.717, 1.165) is 0 Å². The lowest BCUT2D eigenvalue weighted by Crippen LogP contribution is -2.49. The molecule has 33 heavy (non-hydrogen) atoms. The van der Waals surface area contributed by atoms with Crippen molar-refractivity contribution in [2.75, 3.05) is 24.6 Å². The summed E-state index contributed by atoms with van der Waals surface area (Å²) in [6.45, 7) is 3.09. The smallest absolute Gasteiger partial charge is 0.251 e. The number of anilines is 1. The van der Waals surface area contributed by atoms with E-state index in [2.05, 4.69) is 5.32 Å². The van der Waals surface area contributed by atoms with Crippen molar-refractivity contribution in [3.05, 3.63) is 53.6 Å². The van der Waals surface area contributed by atoms with Gasteiger partial charge >= 0.3 is 0 Å². The molecule has 0 aromatic heterocycles. The van der Waals surface area contributed by atoms with E-state index in [-0.39, 0.29) is 29.2 Å². The minimum atomic E-state index is -3.59. The summed E-state index contributed by atoms with van der Waals surface area (Å²) in [4.78, 5) is 26.9. The molecule has 1 atom stereocenters. The van der Waals surface area contributed by atoms with Crippen molar-refractivity contribution in [3.8, 4) is 5.75 Å². The number of amides is 2. The minimum absolute atomic E-state index is 0.0521. The van der Waals surface area contributed by atoms with Gasteiger partial charge in [0.05, 0.1) is 29.7 Å². The predicted molar refractivity (Wildman–Crippen MR) is 125 cm³/mol. The van der Waals surface area contributed by atoms with E-state index in [0.29, 0.717) is 49.0 Å². The Morgan fingerprint density at radius 1 is 1.03 bits per heavy atom. The molecule has 2 saturated heterocycles. The number of carbonyl (C=O) groups is 2. The molecule has 2 aromatic carbocycles. The molecule has 0 spiro atoms. The van der Waals surface area contributed by atoms with Crippen molar-refractivity contribution in [3.63, 3.8) is 0 Å². The highest BCUT2D eigenvalue weighted by Crippen LogP contribution is 2.27. The van der Waals surface area contributed by atoms with Gasteiger partial charge in [-0.25, -0.2) is 13.3 Å². The van der Waals surface area contributed by atoms with Gasteiger partial charge in [-0.2, -0.15) is 4.31 Å². The van der Waals surface area contributed by atoms with E-state index < -0.39 is 16.1 Å². The van der Waals surface area contributed by atoms with Gasteiger partial charge in [-0.05, 0) is 68.3 Å². The fourth-order valence-corrected chi connectivity index (χ4v) is 5.79. The fourth-order valence-electron chi connectivity index (χ4n) is 4.19. The highest BCUT2D eigenvalue weighted by Gasteiger charge is 2.41. The summed E-state index contributed by atoms with van der Waals surface area (Å²) in [7, 11) is -3.59. The topological polar surface area (TPSA) is 96.0 Å². The fraction of sp³-hybridized carbons (Fsp3) is 0.391. The molecule has 2 heterocycles. The van der Waals surface area contributed by atoms with Crippen LogP contribution in [0.1, 0.15) is 26.2 Å². The van der Waals surface area contributed by atoms with Gasteiger partial charge in [-0.1, -0.05) is 11.6 Å². The predicted octanol–water partition coefficient (Wildman–Crippen LogP) is 2.81. The van der Waals surface area contributed by atoms with Crippen LogP contribution in [0.2, 0.25) is 5.02 Å². The third-order valence-corrected chi connectivity index (χ3v) is 8.06. The van der Waals surface area contributed by atoms with Crippen LogP contribution < -0.4 is 15.0 Å². The van der Waals surface area contributed by atoms with Gasteiger partial charge in [-0.15, -0.1) is 0 Å². The second-order valence-corrected chi connectivity index (χ2v) is 10.4. The van der Waals surface area contributed by atoms with Crippen molar-refractivity contribution in [1.82, 2.24) is 9.62 Å². The van der Waals surface area contributed by atoms with Crippen molar-refractivity contribution in [2.45, 2.75) is 43.2 Å². The minimum Gasteiger partial charge on any atom is -0.494 e. The molecule has 2 aliphatic heterocycles. The molecule has 0 radical (unpaired) electrons. The molecule has 8 nitrogen and oxygen atoms in total. The van der Waals surface area contributed by atoms with Crippen LogP contribution in [0, 0.1) is 0 Å². The lowest BCUT2D eigenvalue weighted by atomic mass is 10.1. The second-order valence-electron chi connectivity index (χ2n) is 8.05. The molecule has 0 bridgehead atoms. The number of nitrogens with one attached hydrogen (secondary N) is 1. The van der Waals surface area contributed by atoms with Gasteiger partial charge in [0.1, 0.15) is 5.75 Å². The Labute approximate surface area is 198 Å². The highest BCUT2D eigenvalue weighted by molar-refractivity contribution is 7.89. The number of rotatable bonds is 7. The number of hydrogen-bond donors (Lipinski definition) is 1. The molecule has 0 unspecified atom stereocenters. The maximum atomic E-state index is 12.9. The van der Waals surface area contributed by atoms with E-state index in [1.807, 2.05) is 6.92 Å². The van der Waals surface area contributed by atoms with Crippen LogP contribution >= 0.6 is 11.6 Å². The summed E-state index contributed by atoms with van der Waals surface area (Å²) in [5.74, 6) is 0.125. The second kappa shape index (κ2) is 9.80. The maximum absolute atomic E-state index is 12.9. The van der Waals surface area contributed by atoms with Crippen molar-refractivity contribution >= 4 is 39.1 Å². The van der Waals surface area contributed by atoms with E-state index in [1.165, 1.54) is 21.3 Å². The number of nitrogens with zero attached hydrogens (tertiary/aromatic N) is 2. The summed E-state index contributed by atoms with van der Waals surface area (Å²) in [5, 5.41) is 3.75. The zero-order chi connectivity index (χ0) is 23.6. The molecule has 2 aliphatic rings. The van der Waals surface area contributed by atoms with Crippen LogP contribution in [0.15, 0.2) is 53.4 Å². The Bertz CT molecular complexity index is 1110. The molecule has 2 fully saturated rings.